The molecule has 0 bridgehead atoms. The number of carboxylic acid groups (broad SMARTS) is 1. The average Bonchev–Trinajstić information content (AvgIpc) is 2.46. The molecule has 0 unspecified atom stereocenters. The van der Waals surface area contributed by atoms with E-state index in [1.165, 1.54) is 12.3 Å². The first kappa shape index (κ1) is 13.7. The van der Waals surface area contributed by atoms with Crippen molar-refractivity contribution in [1.82, 2.24) is 4.98 Å². The Morgan fingerprint density at radius 2 is 2.20 bits per heavy atom. The highest BCUT2D eigenvalue weighted by Crippen LogP contribution is 2.31. The van der Waals surface area contributed by atoms with E-state index in [0.717, 1.165) is 0 Å². The number of piperidine rings is 1. The minimum absolute atomic E-state index is 0.0413. The number of nitro groups is 1. The third-order valence-corrected chi connectivity index (χ3v) is 3.35. The maximum absolute atomic E-state index is 11.1. The first-order valence-corrected chi connectivity index (χ1v) is 6.06. The summed E-state index contributed by atoms with van der Waals surface area (Å²) in [5, 5.41) is 29.0. The van der Waals surface area contributed by atoms with Crippen molar-refractivity contribution in [3.05, 3.63) is 27.9 Å². The normalized spacial score (nSPS) is 15.7. The lowest BCUT2D eigenvalue weighted by molar-refractivity contribution is -0.384. The molecule has 1 aliphatic heterocycles. The monoisotopic (exact) mass is 276 g/mol. The van der Waals surface area contributed by atoms with Gasteiger partial charge in [-0.25, -0.2) is 4.98 Å². The van der Waals surface area contributed by atoms with Gasteiger partial charge in [-0.2, -0.15) is 5.26 Å². The molecule has 20 heavy (non-hydrogen) atoms. The van der Waals surface area contributed by atoms with E-state index in [4.69, 9.17) is 10.4 Å². The molecule has 1 N–H and O–H groups in total. The van der Waals surface area contributed by atoms with Crippen LogP contribution in [0, 0.1) is 27.4 Å². The Morgan fingerprint density at radius 3 is 2.70 bits per heavy atom. The van der Waals surface area contributed by atoms with E-state index >= 15 is 0 Å². The fourth-order valence-electron chi connectivity index (χ4n) is 2.28. The van der Waals surface area contributed by atoms with E-state index in [1.54, 1.807) is 11.0 Å². The van der Waals surface area contributed by atoms with Crippen molar-refractivity contribution in [2.24, 2.45) is 5.92 Å². The molecule has 0 atom stereocenters. The number of carbonyl (C=O) groups is 1. The number of nitrogens with zero attached hydrogens (tertiary/aromatic N) is 4. The van der Waals surface area contributed by atoms with Crippen molar-refractivity contribution in [1.29, 1.82) is 5.26 Å². The Bertz CT molecular complexity index is 588. The molecule has 104 valence electrons. The lowest BCUT2D eigenvalue weighted by atomic mass is 9.97. The van der Waals surface area contributed by atoms with Gasteiger partial charge in [-0.15, -0.1) is 0 Å². The van der Waals surface area contributed by atoms with Gasteiger partial charge in [0.15, 0.2) is 0 Å². The molecule has 0 radical (unpaired) electrons. The standard InChI is InChI=1S/C12H12N4O4/c13-7-9-1-4-14-11(10(9)16(19)20)15-5-2-8(3-6-15)12(17)18/h1,4,8H,2-3,5-6H2,(H,17,18). The first-order valence-electron chi connectivity index (χ1n) is 6.06. The Morgan fingerprint density at radius 1 is 1.55 bits per heavy atom. The van der Waals surface area contributed by atoms with Gasteiger partial charge in [0.25, 0.3) is 0 Å². The summed E-state index contributed by atoms with van der Waals surface area (Å²) in [7, 11) is 0. The van der Waals surface area contributed by atoms with E-state index in [2.05, 4.69) is 4.98 Å². The molecule has 0 aromatic carbocycles. The summed E-state index contributed by atoms with van der Waals surface area (Å²) >= 11 is 0. The lowest BCUT2D eigenvalue weighted by Crippen LogP contribution is -2.37. The minimum atomic E-state index is -0.849. The highest BCUT2D eigenvalue weighted by molar-refractivity contribution is 5.71. The summed E-state index contributed by atoms with van der Waals surface area (Å²) in [6.45, 7) is 0.749. The summed E-state index contributed by atoms with van der Waals surface area (Å²) in [4.78, 5) is 27.0. The van der Waals surface area contributed by atoms with Crippen LogP contribution in [0.5, 0.6) is 0 Å². The maximum Gasteiger partial charge on any atom is 0.329 e. The SMILES string of the molecule is N#Cc1ccnc(N2CCC(C(=O)O)CC2)c1[N+](=O)[O-]. The Balaban J connectivity index is 2.29. The number of hydrogen-bond donors (Lipinski definition) is 1. The molecule has 1 aromatic heterocycles. The summed E-state index contributed by atoms with van der Waals surface area (Å²) in [6, 6.07) is 3.08. The van der Waals surface area contributed by atoms with Crippen LogP contribution in [0.2, 0.25) is 0 Å². The molecule has 0 saturated carbocycles. The largest absolute Gasteiger partial charge is 0.481 e. The van der Waals surface area contributed by atoms with Gasteiger partial charge in [-0.05, 0) is 18.9 Å². The highest BCUT2D eigenvalue weighted by Gasteiger charge is 2.30. The molecule has 2 rings (SSSR count). The highest BCUT2D eigenvalue weighted by atomic mass is 16.6. The number of pyridine rings is 1. The predicted molar refractivity (Wildman–Crippen MR) is 68.2 cm³/mol. The number of nitriles is 1. The molecule has 1 aliphatic rings. The third-order valence-electron chi connectivity index (χ3n) is 3.35. The third kappa shape index (κ3) is 2.51. The van der Waals surface area contributed by atoms with Crippen LogP contribution in [0.3, 0.4) is 0 Å². The second-order valence-corrected chi connectivity index (χ2v) is 4.50. The number of aromatic nitrogens is 1. The van der Waals surface area contributed by atoms with Crippen LogP contribution in [0.25, 0.3) is 0 Å². The van der Waals surface area contributed by atoms with Crippen molar-refractivity contribution in [3.63, 3.8) is 0 Å². The fraction of sp³-hybridized carbons (Fsp3) is 0.417. The number of anilines is 1. The molecular weight excluding hydrogens is 264 g/mol. The van der Waals surface area contributed by atoms with Crippen molar-refractivity contribution < 1.29 is 14.8 Å². The summed E-state index contributed by atoms with van der Waals surface area (Å²) < 4.78 is 0. The average molecular weight is 276 g/mol. The Kier molecular flexibility index (Phi) is 3.79. The van der Waals surface area contributed by atoms with Crippen molar-refractivity contribution in [2.75, 3.05) is 18.0 Å². The summed E-state index contributed by atoms with van der Waals surface area (Å²) in [5.41, 5.74) is -0.357. The van der Waals surface area contributed by atoms with Crippen LogP contribution < -0.4 is 4.90 Å². The molecule has 1 aromatic rings. The number of carboxylic acids is 1. The first-order chi connectivity index (χ1) is 9.54. The van der Waals surface area contributed by atoms with Crippen molar-refractivity contribution >= 4 is 17.5 Å². The summed E-state index contributed by atoms with van der Waals surface area (Å²) in [6.07, 6.45) is 2.17. The van der Waals surface area contributed by atoms with E-state index < -0.39 is 16.8 Å². The van der Waals surface area contributed by atoms with Crippen LogP contribution in [0.4, 0.5) is 11.5 Å². The molecule has 0 aliphatic carbocycles. The van der Waals surface area contributed by atoms with Gasteiger partial charge in [0, 0.05) is 19.3 Å². The van der Waals surface area contributed by atoms with E-state index in [-0.39, 0.29) is 17.1 Å². The van der Waals surface area contributed by atoms with Crippen LogP contribution in [0.1, 0.15) is 18.4 Å². The van der Waals surface area contributed by atoms with Crippen LogP contribution in [0.15, 0.2) is 12.3 Å². The minimum Gasteiger partial charge on any atom is -0.481 e. The van der Waals surface area contributed by atoms with Crippen LogP contribution in [-0.4, -0.2) is 34.1 Å². The predicted octanol–water partition coefficient (Wildman–Crippen LogP) is 1.16. The van der Waals surface area contributed by atoms with Gasteiger partial charge in [0.1, 0.15) is 11.6 Å². The van der Waals surface area contributed by atoms with Gasteiger partial charge in [-0.3, -0.25) is 14.9 Å². The summed E-state index contributed by atoms with van der Waals surface area (Å²) in [5.74, 6) is -1.14. The molecule has 0 spiro atoms. The van der Waals surface area contributed by atoms with Gasteiger partial charge >= 0.3 is 11.7 Å². The zero-order valence-electron chi connectivity index (χ0n) is 10.5. The number of hydrogen-bond acceptors (Lipinski definition) is 6. The Labute approximate surface area is 114 Å². The number of rotatable bonds is 3. The lowest BCUT2D eigenvalue weighted by Gasteiger charge is -2.30. The molecule has 1 saturated heterocycles. The van der Waals surface area contributed by atoms with E-state index in [0.29, 0.717) is 25.9 Å². The second kappa shape index (κ2) is 5.52. The quantitative estimate of drug-likeness (QED) is 0.649. The molecular formula is C12H12N4O4. The molecule has 1 fully saturated rings. The fourth-order valence-corrected chi connectivity index (χ4v) is 2.28. The van der Waals surface area contributed by atoms with Crippen molar-refractivity contribution in [3.8, 4) is 6.07 Å². The van der Waals surface area contributed by atoms with Crippen LogP contribution in [-0.2, 0) is 4.79 Å². The molecule has 2 heterocycles. The van der Waals surface area contributed by atoms with Gasteiger partial charge in [0.2, 0.25) is 5.82 Å². The smallest absolute Gasteiger partial charge is 0.329 e. The zero-order valence-corrected chi connectivity index (χ0v) is 10.5. The number of aliphatic carboxylic acids is 1. The zero-order chi connectivity index (χ0) is 14.7. The van der Waals surface area contributed by atoms with Gasteiger partial charge < -0.3 is 10.0 Å². The van der Waals surface area contributed by atoms with E-state index in [9.17, 15) is 14.9 Å². The topological polar surface area (TPSA) is 120 Å². The van der Waals surface area contributed by atoms with Crippen molar-refractivity contribution in [2.45, 2.75) is 12.8 Å². The Hall–Kier alpha value is -2.69. The van der Waals surface area contributed by atoms with E-state index in [1.807, 2.05) is 0 Å². The maximum atomic E-state index is 11.1. The van der Waals surface area contributed by atoms with Gasteiger partial charge in [0.05, 0.1) is 10.8 Å². The van der Waals surface area contributed by atoms with Crippen LogP contribution >= 0.6 is 0 Å². The molecule has 0 amide bonds. The molecule has 8 heteroatoms. The molecule has 8 nitrogen and oxygen atoms in total. The second-order valence-electron chi connectivity index (χ2n) is 4.50. The van der Waals surface area contributed by atoms with Gasteiger partial charge in [-0.1, -0.05) is 0 Å².